The van der Waals surface area contributed by atoms with Gasteiger partial charge in [-0.25, -0.2) is 4.79 Å². The predicted molar refractivity (Wildman–Crippen MR) is 45.9 cm³/mol. The van der Waals surface area contributed by atoms with E-state index in [-0.39, 0.29) is 5.69 Å². The molecule has 1 fully saturated rings. The lowest BCUT2D eigenvalue weighted by atomic mass is 10.1. The van der Waals surface area contributed by atoms with Gasteiger partial charge >= 0.3 is 5.97 Å². The first-order valence-corrected chi connectivity index (χ1v) is 4.47. The molecule has 1 aromatic heterocycles. The van der Waals surface area contributed by atoms with Gasteiger partial charge in [0.1, 0.15) is 0 Å². The molecule has 1 saturated heterocycles. The second kappa shape index (κ2) is 3.75. The summed E-state index contributed by atoms with van der Waals surface area (Å²) in [6.07, 6.45) is 2.45. The molecule has 0 radical (unpaired) electrons. The number of carbonyl (C=O) groups is 1. The van der Waals surface area contributed by atoms with Gasteiger partial charge in [0, 0.05) is 19.1 Å². The van der Waals surface area contributed by atoms with Crippen LogP contribution in [0.15, 0.2) is 6.20 Å². The quantitative estimate of drug-likeness (QED) is 0.738. The fourth-order valence-corrected chi connectivity index (χ4v) is 1.48. The highest BCUT2D eigenvalue weighted by atomic mass is 16.5. The number of hydrogen-bond donors (Lipinski definition) is 1. The fourth-order valence-electron chi connectivity index (χ4n) is 1.48. The SMILES string of the molecule is O=C(O)c1cn(C[C@@H]2CCOC2)nn1. The maximum Gasteiger partial charge on any atom is 0.358 e. The zero-order chi connectivity index (χ0) is 9.97. The van der Waals surface area contributed by atoms with E-state index in [0.717, 1.165) is 19.6 Å². The molecule has 1 atom stereocenters. The molecule has 0 aromatic carbocycles. The number of ether oxygens (including phenoxy) is 1. The van der Waals surface area contributed by atoms with E-state index < -0.39 is 5.97 Å². The Morgan fingerprint density at radius 2 is 2.64 bits per heavy atom. The first-order valence-electron chi connectivity index (χ1n) is 4.47. The minimum atomic E-state index is -1.04. The van der Waals surface area contributed by atoms with E-state index in [0.29, 0.717) is 12.5 Å². The van der Waals surface area contributed by atoms with Crippen LogP contribution in [0.2, 0.25) is 0 Å². The minimum Gasteiger partial charge on any atom is -0.476 e. The lowest BCUT2D eigenvalue weighted by Gasteiger charge is -2.05. The zero-order valence-electron chi connectivity index (χ0n) is 7.59. The Labute approximate surface area is 80.5 Å². The van der Waals surface area contributed by atoms with Crippen molar-refractivity contribution < 1.29 is 14.6 Å². The standard InChI is InChI=1S/C8H11N3O3/c12-8(13)7-4-11(10-9-7)3-6-1-2-14-5-6/h4,6H,1-3,5H2,(H,12,13)/t6-/m0/s1. The first-order chi connectivity index (χ1) is 6.75. The topological polar surface area (TPSA) is 77.2 Å². The van der Waals surface area contributed by atoms with E-state index in [4.69, 9.17) is 9.84 Å². The van der Waals surface area contributed by atoms with Crippen LogP contribution in [-0.4, -0.2) is 39.3 Å². The second-order valence-corrected chi connectivity index (χ2v) is 3.36. The second-order valence-electron chi connectivity index (χ2n) is 3.36. The third kappa shape index (κ3) is 1.90. The molecule has 14 heavy (non-hydrogen) atoms. The molecule has 1 aliphatic heterocycles. The molecule has 0 saturated carbocycles. The number of nitrogens with zero attached hydrogens (tertiary/aromatic N) is 3. The molecule has 76 valence electrons. The summed E-state index contributed by atoms with van der Waals surface area (Å²) >= 11 is 0. The van der Waals surface area contributed by atoms with Crippen molar-refractivity contribution in [2.75, 3.05) is 13.2 Å². The van der Waals surface area contributed by atoms with Crippen molar-refractivity contribution in [3.05, 3.63) is 11.9 Å². The van der Waals surface area contributed by atoms with Crippen LogP contribution in [0.1, 0.15) is 16.9 Å². The molecule has 1 aromatic rings. The van der Waals surface area contributed by atoms with Gasteiger partial charge in [0.2, 0.25) is 0 Å². The molecule has 0 unspecified atom stereocenters. The number of carboxylic acids is 1. The maximum atomic E-state index is 10.5. The van der Waals surface area contributed by atoms with Crippen molar-refractivity contribution in [1.29, 1.82) is 0 Å². The highest BCUT2D eigenvalue weighted by molar-refractivity contribution is 5.84. The number of aromatic nitrogens is 3. The van der Waals surface area contributed by atoms with Crippen LogP contribution in [0.3, 0.4) is 0 Å². The molecule has 0 amide bonds. The lowest BCUT2D eigenvalue weighted by molar-refractivity contribution is 0.0690. The van der Waals surface area contributed by atoms with E-state index in [1.165, 1.54) is 6.20 Å². The molecule has 6 heteroatoms. The fraction of sp³-hybridized carbons (Fsp3) is 0.625. The van der Waals surface area contributed by atoms with Crippen LogP contribution in [0.25, 0.3) is 0 Å². The molecule has 2 heterocycles. The molecule has 1 aliphatic rings. The molecule has 1 N–H and O–H groups in total. The average Bonchev–Trinajstić information content (AvgIpc) is 2.75. The van der Waals surface area contributed by atoms with Crippen LogP contribution < -0.4 is 0 Å². The van der Waals surface area contributed by atoms with Gasteiger partial charge in [-0.2, -0.15) is 0 Å². The Morgan fingerprint density at radius 3 is 3.21 bits per heavy atom. The van der Waals surface area contributed by atoms with Gasteiger partial charge in [-0.1, -0.05) is 5.21 Å². The molecule has 0 spiro atoms. The van der Waals surface area contributed by atoms with Crippen LogP contribution in [0, 0.1) is 5.92 Å². The van der Waals surface area contributed by atoms with Gasteiger partial charge < -0.3 is 9.84 Å². The zero-order valence-corrected chi connectivity index (χ0v) is 7.59. The molecule has 2 rings (SSSR count). The monoisotopic (exact) mass is 197 g/mol. The van der Waals surface area contributed by atoms with Crippen LogP contribution >= 0.6 is 0 Å². The van der Waals surface area contributed by atoms with Gasteiger partial charge in [-0.05, 0) is 6.42 Å². The van der Waals surface area contributed by atoms with Gasteiger partial charge in [0.25, 0.3) is 0 Å². The normalized spacial score (nSPS) is 21.3. The lowest BCUT2D eigenvalue weighted by Crippen LogP contribution is -2.11. The summed E-state index contributed by atoms with van der Waals surface area (Å²) in [7, 11) is 0. The minimum absolute atomic E-state index is 0.0103. The Kier molecular flexibility index (Phi) is 2.45. The summed E-state index contributed by atoms with van der Waals surface area (Å²) in [5, 5.41) is 15.9. The summed E-state index contributed by atoms with van der Waals surface area (Å²) < 4.78 is 6.76. The van der Waals surface area contributed by atoms with Crippen molar-refractivity contribution in [2.24, 2.45) is 5.92 Å². The van der Waals surface area contributed by atoms with Crippen molar-refractivity contribution in [2.45, 2.75) is 13.0 Å². The highest BCUT2D eigenvalue weighted by Gasteiger charge is 2.17. The van der Waals surface area contributed by atoms with E-state index in [1.54, 1.807) is 4.68 Å². The van der Waals surface area contributed by atoms with Gasteiger partial charge in [0.15, 0.2) is 5.69 Å². The molecule has 6 nitrogen and oxygen atoms in total. The summed E-state index contributed by atoms with van der Waals surface area (Å²) in [6.45, 7) is 2.19. The summed E-state index contributed by atoms with van der Waals surface area (Å²) in [5.74, 6) is -0.614. The Balaban J connectivity index is 1.98. The maximum absolute atomic E-state index is 10.5. The van der Waals surface area contributed by atoms with Crippen molar-refractivity contribution in [3.8, 4) is 0 Å². The van der Waals surface area contributed by atoms with Gasteiger partial charge in [-0.15, -0.1) is 5.10 Å². The summed E-state index contributed by atoms with van der Waals surface area (Å²) in [5.41, 5.74) is -0.0103. The Bertz CT molecular complexity index is 330. The number of aromatic carboxylic acids is 1. The Morgan fingerprint density at radius 1 is 1.79 bits per heavy atom. The van der Waals surface area contributed by atoms with E-state index >= 15 is 0 Å². The summed E-state index contributed by atoms with van der Waals surface area (Å²) in [4.78, 5) is 10.5. The molecular formula is C8H11N3O3. The van der Waals surface area contributed by atoms with Crippen molar-refractivity contribution >= 4 is 5.97 Å². The summed E-state index contributed by atoms with van der Waals surface area (Å²) in [6, 6.07) is 0. The third-order valence-corrected chi connectivity index (χ3v) is 2.23. The number of rotatable bonds is 3. The highest BCUT2D eigenvalue weighted by Crippen LogP contribution is 2.13. The average molecular weight is 197 g/mol. The van der Waals surface area contributed by atoms with Gasteiger partial charge in [0.05, 0.1) is 12.8 Å². The van der Waals surface area contributed by atoms with Crippen LogP contribution in [0.5, 0.6) is 0 Å². The molecule has 0 bridgehead atoms. The van der Waals surface area contributed by atoms with E-state index in [2.05, 4.69) is 10.3 Å². The van der Waals surface area contributed by atoms with Gasteiger partial charge in [-0.3, -0.25) is 4.68 Å². The number of hydrogen-bond acceptors (Lipinski definition) is 4. The predicted octanol–water partition coefficient (Wildman–Crippen LogP) is 0.0128. The van der Waals surface area contributed by atoms with Crippen molar-refractivity contribution in [1.82, 2.24) is 15.0 Å². The molecule has 0 aliphatic carbocycles. The smallest absolute Gasteiger partial charge is 0.358 e. The van der Waals surface area contributed by atoms with E-state index in [9.17, 15) is 4.79 Å². The molecular weight excluding hydrogens is 186 g/mol. The first kappa shape index (κ1) is 9.14. The van der Waals surface area contributed by atoms with Crippen LogP contribution in [-0.2, 0) is 11.3 Å². The largest absolute Gasteiger partial charge is 0.476 e. The van der Waals surface area contributed by atoms with Crippen molar-refractivity contribution in [3.63, 3.8) is 0 Å². The number of carboxylic acid groups (broad SMARTS) is 1. The van der Waals surface area contributed by atoms with Crippen LogP contribution in [0.4, 0.5) is 0 Å². The third-order valence-electron chi connectivity index (χ3n) is 2.23. The van der Waals surface area contributed by atoms with E-state index in [1.807, 2.05) is 0 Å². The Hall–Kier alpha value is -1.43.